The van der Waals surface area contributed by atoms with Crippen LogP contribution >= 0.6 is 0 Å². The van der Waals surface area contributed by atoms with E-state index in [0.717, 1.165) is 12.8 Å². The fourth-order valence-electron chi connectivity index (χ4n) is 7.69. The summed E-state index contributed by atoms with van der Waals surface area (Å²) >= 11 is -3.69. The van der Waals surface area contributed by atoms with Gasteiger partial charge in [0.2, 0.25) is 0 Å². The zero-order chi connectivity index (χ0) is 28.1. The van der Waals surface area contributed by atoms with E-state index in [0.29, 0.717) is 7.35 Å². The molecule has 0 nitrogen and oxygen atoms in total. The van der Waals surface area contributed by atoms with Crippen LogP contribution in [0, 0.1) is 0 Å². The van der Waals surface area contributed by atoms with E-state index in [1.807, 2.05) is 0 Å². The van der Waals surface area contributed by atoms with Gasteiger partial charge in [-0.3, -0.25) is 0 Å². The van der Waals surface area contributed by atoms with Crippen LogP contribution in [0.15, 0.2) is 97.1 Å². The second kappa shape index (κ2) is 10.4. The van der Waals surface area contributed by atoms with Gasteiger partial charge in [-0.05, 0) is 0 Å². The van der Waals surface area contributed by atoms with Gasteiger partial charge in [0, 0.05) is 0 Å². The average molecular weight is 705 g/mol. The molecule has 0 aromatic heterocycles. The first kappa shape index (κ1) is 27.6. The summed E-state index contributed by atoms with van der Waals surface area (Å²) in [5, 5.41) is 0. The topological polar surface area (TPSA) is 0 Å². The second-order valence-corrected chi connectivity index (χ2v) is 61.8. The predicted octanol–water partition coefficient (Wildman–Crippen LogP) is 11.0. The van der Waals surface area contributed by atoms with E-state index < -0.39 is 22.6 Å². The van der Waals surface area contributed by atoms with Crippen LogP contribution < -0.4 is 0 Å². The standard InChI is InChI=1S/2C17H15.C2H6Si.2CH3.Hf/c2*1-2-13-7-3-4-10-15(13)17-12-6-9-14-8-5-11-16(14)17;1-3-2;;;/h2*3-12H,2H2,1H3;1-2H3;2*1H3;. The summed E-state index contributed by atoms with van der Waals surface area (Å²) in [6.45, 7) is 9.81. The van der Waals surface area contributed by atoms with Crippen LogP contribution in [0.1, 0.15) is 54.6 Å². The van der Waals surface area contributed by atoms with Gasteiger partial charge in [0.1, 0.15) is 0 Å². The molecule has 0 bridgehead atoms. The molecule has 0 saturated carbocycles. The van der Waals surface area contributed by atoms with Gasteiger partial charge in [0.25, 0.3) is 0 Å². The summed E-state index contributed by atoms with van der Waals surface area (Å²) < 4.78 is 6.77. The van der Waals surface area contributed by atoms with Crippen molar-refractivity contribution < 1.29 is 17.1 Å². The molecule has 0 spiro atoms. The number of hydrogen-bond acceptors (Lipinski definition) is 0. The summed E-state index contributed by atoms with van der Waals surface area (Å²) in [5.74, 6) is 0. The van der Waals surface area contributed by atoms with Gasteiger partial charge in [-0.1, -0.05) is 0 Å². The average Bonchev–Trinajstić information content (AvgIpc) is 3.63. The first-order chi connectivity index (χ1) is 19.3. The molecule has 0 heterocycles. The zero-order valence-electron chi connectivity index (χ0n) is 25.0. The Kier molecular flexibility index (Phi) is 7.16. The van der Waals surface area contributed by atoms with Gasteiger partial charge in [-0.25, -0.2) is 0 Å². The third-order valence-corrected chi connectivity index (χ3v) is 70.3. The summed E-state index contributed by atoms with van der Waals surface area (Å²) in [4.78, 5) is 0. The van der Waals surface area contributed by atoms with E-state index in [4.69, 9.17) is 0 Å². The van der Waals surface area contributed by atoms with Crippen molar-refractivity contribution in [3.8, 4) is 22.3 Å². The van der Waals surface area contributed by atoms with E-state index in [2.05, 4.69) is 146 Å². The summed E-state index contributed by atoms with van der Waals surface area (Å²) in [7, 11) is 0. The number of benzene rings is 4. The molecule has 2 aliphatic rings. The Hall–Kier alpha value is -2.55. The summed E-state index contributed by atoms with van der Waals surface area (Å²) in [5.41, 5.74) is 14.0. The van der Waals surface area contributed by atoms with Crippen LogP contribution in [0.25, 0.3) is 34.4 Å². The van der Waals surface area contributed by atoms with E-state index in [9.17, 15) is 0 Å². The fraction of sp³-hybridized carbons (Fsp3) is 0.263. The molecule has 4 aromatic carbocycles. The summed E-state index contributed by atoms with van der Waals surface area (Å²) in [6.07, 6.45) is 12.4. The molecule has 0 radical (unpaired) electrons. The van der Waals surface area contributed by atoms with Gasteiger partial charge in [0.15, 0.2) is 0 Å². The van der Waals surface area contributed by atoms with E-state index >= 15 is 0 Å². The molecule has 0 saturated heterocycles. The maximum atomic E-state index is 2.82. The summed E-state index contributed by atoms with van der Waals surface area (Å²) in [6, 6.07) is 32.3. The van der Waals surface area contributed by atoms with Crippen molar-refractivity contribution in [2.75, 3.05) is 0 Å². The van der Waals surface area contributed by atoms with E-state index in [1.165, 1.54) is 44.5 Å². The van der Waals surface area contributed by atoms with E-state index in [-0.39, 0.29) is 0 Å². The predicted molar refractivity (Wildman–Crippen MR) is 175 cm³/mol. The Balaban J connectivity index is 1.51. The molecule has 0 fully saturated rings. The SMILES string of the molecule is CCc1ccccc1-c1cccc2c1C=C[CH]2[Hf]([CH3])([CH3])([CH]1C=Cc2c(-c3ccccc3CC)cccc21)=[Si](C)C. The number of fused-ring (bicyclic) bond motifs is 2. The fourth-order valence-corrected chi connectivity index (χ4v) is 41.5. The quantitative estimate of drug-likeness (QED) is 0.175. The van der Waals surface area contributed by atoms with Crippen molar-refractivity contribution in [3.05, 3.63) is 130 Å². The van der Waals surface area contributed by atoms with Gasteiger partial charge in [0.05, 0.1) is 0 Å². The Morgan fingerprint density at radius 2 is 0.950 bits per heavy atom. The minimum atomic E-state index is -3.69. The Labute approximate surface area is 242 Å². The molecular weight excluding hydrogens is 663 g/mol. The van der Waals surface area contributed by atoms with Gasteiger partial charge < -0.3 is 0 Å². The molecule has 0 N–H and O–H groups in total. The number of hydrogen-bond donors (Lipinski definition) is 0. The van der Waals surface area contributed by atoms with Crippen molar-refractivity contribution in [1.82, 2.24) is 0 Å². The molecule has 40 heavy (non-hydrogen) atoms. The van der Waals surface area contributed by atoms with Crippen molar-refractivity contribution in [2.24, 2.45) is 0 Å². The molecule has 202 valence electrons. The number of aryl methyl sites for hydroxylation is 2. The van der Waals surface area contributed by atoms with Crippen LogP contribution in [0.3, 0.4) is 0 Å². The maximum absolute atomic E-state index is 3.69. The number of rotatable bonds is 6. The van der Waals surface area contributed by atoms with Crippen molar-refractivity contribution >= 4 is 17.6 Å². The van der Waals surface area contributed by atoms with Crippen LogP contribution in [0.2, 0.25) is 22.5 Å². The van der Waals surface area contributed by atoms with Crippen molar-refractivity contribution in [2.45, 2.75) is 56.5 Å². The third kappa shape index (κ3) is 4.09. The van der Waals surface area contributed by atoms with Crippen LogP contribution in [-0.2, 0) is 30.0 Å². The number of allylic oxidation sites excluding steroid dienone is 2. The Morgan fingerprint density at radius 1 is 0.550 bits per heavy atom. The van der Waals surface area contributed by atoms with E-state index in [1.54, 1.807) is 11.1 Å². The molecule has 0 amide bonds. The van der Waals surface area contributed by atoms with Gasteiger partial charge in [-0.15, -0.1) is 0 Å². The Morgan fingerprint density at radius 3 is 1.35 bits per heavy atom. The minimum absolute atomic E-state index is 0.566. The molecule has 4 aromatic rings. The molecule has 0 aliphatic heterocycles. The molecule has 2 heteroatoms. The van der Waals surface area contributed by atoms with Crippen molar-refractivity contribution in [1.29, 1.82) is 0 Å². The molecule has 2 atom stereocenters. The molecular formula is C38H42HfSi. The monoisotopic (exact) mass is 706 g/mol. The van der Waals surface area contributed by atoms with Crippen LogP contribution in [0.5, 0.6) is 0 Å². The van der Waals surface area contributed by atoms with Crippen molar-refractivity contribution in [3.63, 3.8) is 0 Å². The van der Waals surface area contributed by atoms with Crippen LogP contribution in [-0.4, -0.2) is 5.49 Å². The van der Waals surface area contributed by atoms with Crippen LogP contribution in [0.4, 0.5) is 0 Å². The first-order valence-corrected chi connectivity index (χ1v) is 34.3. The zero-order valence-corrected chi connectivity index (χ0v) is 29.6. The normalized spacial score (nSPS) is 17.7. The third-order valence-electron chi connectivity index (χ3n) is 10.7. The van der Waals surface area contributed by atoms with Gasteiger partial charge in [-0.2, -0.15) is 0 Å². The second-order valence-electron chi connectivity index (χ2n) is 12.9. The molecule has 6 rings (SSSR count). The molecule has 2 unspecified atom stereocenters. The Bertz CT molecular complexity index is 1640. The van der Waals surface area contributed by atoms with Gasteiger partial charge >= 0.3 is 244 Å². The molecule has 2 aliphatic carbocycles. The first-order valence-electron chi connectivity index (χ1n) is 15.1.